The Morgan fingerprint density at radius 1 is 0.233 bits per heavy atom. The normalized spacial score (nSPS) is 13.7. The van der Waals surface area contributed by atoms with Crippen LogP contribution in [0.1, 0.15) is 55.6 Å². The van der Waals surface area contributed by atoms with Crippen LogP contribution in [0.3, 0.4) is 0 Å². The van der Waals surface area contributed by atoms with E-state index in [9.17, 15) is 0 Å². The van der Waals surface area contributed by atoms with Gasteiger partial charge in [-0.15, -0.1) is 0 Å². The molecule has 2 heteroatoms. The molecule has 0 aliphatic heterocycles. The van der Waals surface area contributed by atoms with Crippen molar-refractivity contribution in [1.29, 1.82) is 0 Å². The summed E-state index contributed by atoms with van der Waals surface area (Å²) in [6.45, 7) is 0. The van der Waals surface area contributed by atoms with Gasteiger partial charge >= 0.3 is 0 Å². The number of para-hydroxylation sites is 1. The fraction of sp³-hybridized carbons (Fsp3) is 0.0227. The van der Waals surface area contributed by atoms with E-state index >= 15 is 0 Å². The average Bonchev–Trinajstić information content (AvgIpc) is 1.53. The summed E-state index contributed by atoms with van der Waals surface area (Å²) in [7, 11) is 0. The van der Waals surface area contributed by atoms with Gasteiger partial charge in [-0.2, -0.15) is 0 Å². The number of aromatic nitrogens is 1. The summed E-state index contributed by atoms with van der Waals surface area (Å²) in [5.41, 5.74) is 34.2. The molecule has 418 valence electrons. The zero-order chi connectivity index (χ0) is 59.1. The van der Waals surface area contributed by atoms with Crippen LogP contribution in [0.15, 0.2) is 328 Å². The lowest BCUT2D eigenvalue weighted by Gasteiger charge is -2.30. The van der Waals surface area contributed by atoms with E-state index in [1.165, 1.54) is 128 Å². The van der Waals surface area contributed by atoms with Gasteiger partial charge in [0.2, 0.25) is 0 Å². The number of anilines is 3. The van der Waals surface area contributed by atoms with Crippen LogP contribution < -0.4 is 4.90 Å². The average molecular weight is 1140 g/mol. The molecule has 0 atom stereocenters. The van der Waals surface area contributed by atoms with Crippen LogP contribution in [-0.4, -0.2) is 4.57 Å². The molecular formula is C88H56N2. The minimum absolute atomic E-state index is 0.436. The predicted octanol–water partition coefficient (Wildman–Crippen LogP) is 22.4. The molecule has 0 fully saturated rings. The van der Waals surface area contributed by atoms with Crippen molar-refractivity contribution in [3.8, 4) is 72.4 Å². The molecule has 1 heterocycles. The molecule has 0 radical (unpaired) electrons. The number of hydrogen-bond donors (Lipinski definition) is 0. The molecule has 15 aromatic rings. The van der Waals surface area contributed by atoms with E-state index < -0.39 is 10.8 Å². The van der Waals surface area contributed by atoms with Crippen molar-refractivity contribution in [3.63, 3.8) is 0 Å². The van der Waals surface area contributed by atoms with Gasteiger partial charge in [0.25, 0.3) is 0 Å². The SMILES string of the molecule is C(=Cc1ccc(N(c2ccccc2)c2ccc(-n3c4ccc(-c5ccc6c(c5)C5(c7ccccc7-c7ccccc75)c5ccccc5-6)cc4c4cc(-c5ccc6c(c5)C5(c7ccccc7-c7ccccc75)c5ccccc5-6)ccc43)cc2)cc1)c1ccccc1. The molecule has 14 aromatic carbocycles. The Hall–Kier alpha value is -11.6. The van der Waals surface area contributed by atoms with E-state index in [1.54, 1.807) is 0 Å². The number of fused-ring (bicyclic) bond motifs is 23. The molecule has 0 saturated carbocycles. The maximum Gasteiger partial charge on any atom is 0.0725 e. The van der Waals surface area contributed by atoms with Gasteiger partial charge in [-0.25, -0.2) is 0 Å². The first kappa shape index (κ1) is 50.6. The lowest BCUT2D eigenvalue weighted by molar-refractivity contribution is 0.794. The molecule has 0 N–H and O–H groups in total. The first-order chi connectivity index (χ1) is 44.6. The van der Waals surface area contributed by atoms with Gasteiger partial charge < -0.3 is 9.47 Å². The van der Waals surface area contributed by atoms with Crippen molar-refractivity contribution in [2.75, 3.05) is 4.90 Å². The van der Waals surface area contributed by atoms with Crippen molar-refractivity contribution >= 4 is 51.0 Å². The molecule has 19 rings (SSSR count). The second kappa shape index (κ2) is 19.5. The Bertz CT molecular complexity index is 5090. The first-order valence-corrected chi connectivity index (χ1v) is 31.4. The molecule has 2 spiro atoms. The molecule has 0 amide bonds. The van der Waals surface area contributed by atoms with Crippen molar-refractivity contribution < 1.29 is 0 Å². The van der Waals surface area contributed by atoms with E-state index in [-0.39, 0.29) is 0 Å². The third kappa shape index (κ3) is 7.10. The van der Waals surface area contributed by atoms with E-state index in [2.05, 4.69) is 349 Å². The summed E-state index contributed by atoms with van der Waals surface area (Å²) < 4.78 is 2.48. The van der Waals surface area contributed by atoms with Crippen molar-refractivity contribution in [3.05, 3.63) is 383 Å². The largest absolute Gasteiger partial charge is 0.311 e. The lowest BCUT2D eigenvalue weighted by atomic mass is 9.70. The quantitative estimate of drug-likeness (QED) is 0.138. The van der Waals surface area contributed by atoms with Gasteiger partial charge in [-0.1, -0.05) is 255 Å². The molecule has 0 saturated heterocycles. The summed E-state index contributed by atoms with van der Waals surface area (Å²) in [5, 5.41) is 2.42. The summed E-state index contributed by atoms with van der Waals surface area (Å²) in [5.74, 6) is 0. The van der Waals surface area contributed by atoms with Crippen LogP contribution in [0.2, 0.25) is 0 Å². The van der Waals surface area contributed by atoms with Crippen molar-refractivity contribution in [2.45, 2.75) is 10.8 Å². The highest BCUT2D eigenvalue weighted by Crippen LogP contribution is 2.65. The molecule has 90 heavy (non-hydrogen) atoms. The minimum atomic E-state index is -0.436. The molecular weight excluding hydrogens is 1080 g/mol. The third-order valence-electron chi connectivity index (χ3n) is 20.2. The highest BCUT2D eigenvalue weighted by atomic mass is 15.1. The summed E-state index contributed by atoms with van der Waals surface area (Å²) in [4.78, 5) is 2.35. The van der Waals surface area contributed by atoms with E-state index in [0.29, 0.717) is 0 Å². The monoisotopic (exact) mass is 1140 g/mol. The Labute approximate surface area is 523 Å². The summed E-state index contributed by atoms with van der Waals surface area (Å²) in [6.07, 6.45) is 4.35. The first-order valence-electron chi connectivity index (χ1n) is 31.4. The standard InChI is InChI=1S/C88H56N2/c1-3-19-57(20-4-1)35-36-58-37-43-64(44-38-58)89(63-21-5-2-6-22-63)65-45-47-66(48-46-65)90-85-51-41-59(61-39-49-73-71-27-11-17-33-81(71)87(83(73)55-61)77-29-13-7-23-67(77)68-24-8-14-30-78(68)87)53-75(85)76-54-60(42-52-86(76)90)62-40-50-74-72-28-12-18-34-82(72)88(84(74)56-62)79-31-15-9-25-69(79)70-26-10-16-32-80(70)88/h1-56H. The van der Waals surface area contributed by atoms with Gasteiger partial charge in [0.15, 0.2) is 0 Å². The second-order valence-electron chi connectivity index (χ2n) is 24.6. The highest BCUT2D eigenvalue weighted by molar-refractivity contribution is 6.12. The predicted molar refractivity (Wildman–Crippen MR) is 374 cm³/mol. The zero-order valence-electron chi connectivity index (χ0n) is 49.2. The molecule has 1 aromatic heterocycles. The second-order valence-corrected chi connectivity index (χ2v) is 24.6. The number of rotatable bonds is 8. The molecule has 0 unspecified atom stereocenters. The smallest absolute Gasteiger partial charge is 0.0725 e. The van der Waals surface area contributed by atoms with Gasteiger partial charge in [0.05, 0.1) is 21.9 Å². The van der Waals surface area contributed by atoms with Gasteiger partial charge in [-0.05, 0) is 207 Å². The Kier molecular flexibility index (Phi) is 10.9. The van der Waals surface area contributed by atoms with E-state index in [4.69, 9.17) is 0 Å². The van der Waals surface area contributed by atoms with Crippen LogP contribution >= 0.6 is 0 Å². The maximum absolute atomic E-state index is 2.52. The van der Waals surface area contributed by atoms with Crippen LogP contribution in [0.4, 0.5) is 17.1 Å². The summed E-state index contributed by atoms with van der Waals surface area (Å²) in [6, 6.07) is 123. The van der Waals surface area contributed by atoms with Crippen LogP contribution in [0, 0.1) is 0 Å². The molecule has 2 nitrogen and oxygen atoms in total. The molecule has 4 aliphatic carbocycles. The van der Waals surface area contributed by atoms with Gasteiger partial charge in [-0.3, -0.25) is 0 Å². The van der Waals surface area contributed by atoms with Gasteiger partial charge in [0.1, 0.15) is 0 Å². The van der Waals surface area contributed by atoms with Crippen molar-refractivity contribution in [1.82, 2.24) is 4.57 Å². The number of hydrogen-bond acceptors (Lipinski definition) is 1. The molecule has 0 bridgehead atoms. The summed E-state index contributed by atoms with van der Waals surface area (Å²) >= 11 is 0. The van der Waals surface area contributed by atoms with Gasteiger partial charge in [0, 0.05) is 33.5 Å². The zero-order valence-corrected chi connectivity index (χ0v) is 49.2. The maximum atomic E-state index is 2.52. The number of nitrogens with zero attached hydrogens (tertiary/aromatic N) is 2. The Balaban J connectivity index is 0.780. The van der Waals surface area contributed by atoms with Crippen LogP contribution in [0.25, 0.3) is 106 Å². The Morgan fingerprint density at radius 3 is 0.933 bits per heavy atom. The van der Waals surface area contributed by atoms with Crippen LogP contribution in [0.5, 0.6) is 0 Å². The topological polar surface area (TPSA) is 8.17 Å². The highest BCUT2D eigenvalue weighted by Gasteiger charge is 2.53. The minimum Gasteiger partial charge on any atom is -0.311 e. The number of benzene rings is 14. The Morgan fingerprint density at radius 2 is 0.533 bits per heavy atom. The fourth-order valence-corrected chi connectivity index (χ4v) is 16.5. The third-order valence-corrected chi connectivity index (χ3v) is 20.2. The fourth-order valence-electron chi connectivity index (χ4n) is 16.5. The van der Waals surface area contributed by atoms with Crippen LogP contribution in [-0.2, 0) is 10.8 Å². The lowest BCUT2D eigenvalue weighted by Crippen LogP contribution is -2.25. The van der Waals surface area contributed by atoms with E-state index in [0.717, 1.165) is 39.3 Å². The van der Waals surface area contributed by atoms with Crippen molar-refractivity contribution in [2.24, 2.45) is 0 Å². The molecule has 4 aliphatic rings. The van der Waals surface area contributed by atoms with E-state index in [1.807, 2.05) is 0 Å².